The number of amides is 1. The van der Waals surface area contributed by atoms with Crippen LogP contribution >= 0.6 is 0 Å². The highest BCUT2D eigenvalue weighted by molar-refractivity contribution is 5.75. The van der Waals surface area contributed by atoms with Crippen molar-refractivity contribution in [2.75, 3.05) is 0 Å². The van der Waals surface area contributed by atoms with Gasteiger partial charge in [-0.05, 0) is 50.8 Å². The van der Waals surface area contributed by atoms with Gasteiger partial charge >= 0.3 is 0 Å². The third-order valence-corrected chi connectivity index (χ3v) is 2.58. The normalized spacial score (nSPS) is 10.4. The summed E-state index contributed by atoms with van der Waals surface area (Å²) in [5.74, 6) is 5.81. The number of carbonyl (C=O) groups is 1. The molecule has 0 aliphatic heterocycles. The first-order chi connectivity index (χ1) is 8.61. The summed E-state index contributed by atoms with van der Waals surface area (Å²) < 4.78 is 5.57. The van der Waals surface area contributed by atoms with E-state index in [0.717, 1.165) is 25.0 Å². The van der Waals surface area contributed by atoms with Gasteiger partial charge in [-0.2, -0.15) is 0 Å². The lowest BCUT2D eigenvalue weighted by Gasteiger charge is -2.10. The molecule has 0 spiro atoms. The fraction of sp³-hybridized carbons (Fsp3) is 0.500. The van der Waals surface area contributed by atoms with E-state index in [4.69, 9.17) is 10.6 Å². The number of ether oxygens (including phenoxy) is 1. The fourth-order valence-electron chi connectivity index (χ4n) is 1.69. The zero-order chi connectivity index (χ0) is 13.4. The topological polar surface area (TPSA) is 64.3 Å². The van der Waals surface area contributed by atoms with Crippen LogP contribution in [0.5, 0.6) is 5.75 Å². The predicted octanol–water partition coefficient (Wildman–Crippen LogP) is 2.18. The van der Waals surface area contributed by atoms with Gasteiger partial charge in [-0.25, -0.2) is 5.84 Å². The van der Waals surface area contributed by atoms with Crippen LogP contribution in [0.4, 0.5) is 0 Å². The zero-order valence-electron chi connectivity index (χ0n) is 11.1. The molecule has 0 aliphatic rings. The van der Waals surface area contributed by atoms with Gasteiger partial charge in [0.1, 0.15) is 5.75 Å². The Kier molecular flexibility index (Phi) is 6.22. The molecule has 0 bridgehead atoms. The predicted molar refractivity (Wildman–Crippen MR) is 72.1 cm³/mol. The molecule has 18 heavy (non-hydrogen) atoms. The minimum Gasteiger partial charge on any atom is -0.491 e. The minimum absolute atomic E-state index is 0.101. The molecule has 0 unspecified atom stereocenters. The molecule has 4 nitrogen and oxygen atoms in total. The first kappa shape index (κ1) is 14.5. The Morgan fingerprint density at radius 3 is 2.50 bits per heavy atom. The molecule has 4 heteroatoms. The van der Waals surface area contributed by atoms with Crippen LogP contribution in [0.25, 0.3) is 0 Å². The summed E-state index contributed by atoms with van der Waals surface area (Å²) in [5.41, 5.74) is 3.40. The number of hydrazine groups is 1. The van der Waals surface area contributed by atoms with E-state index < -0.39 is 0 Å². The van der Waals surface area contributed by atoms with Crippen molar-refractivity contribution in [2.45, 2.75) is 45.6 Å². The highest BCUT2D eigenvalue weighted by atomic mass is 16.5. The third-order valence-electron chi connectivity index (χ3n) is 2.58. The Hall–Kier alpha value is -1.55. The number of carbonyl (C=O) groups excluding carboxylic acids is 1. The number of nitrogens with one attached hydrogen (secondary N) is 1. The Balaban J connectivity index is 2.28. The molecule has 1 rings (SSSR count). The fourth-order valence-corrected chi connectivity index (χ4v) is 1.69. The van der Waals surface area contributed by atoms with E-state index in [-0.39, 0.29) is 12.0 Å². The van der Waals surface area contributed by atoms with E-state index in [0.29, 0.717) is 6.42 Å². The van der Waals surface area contributed by atoms with Gasteiger partial charge in [0.05, 0.1) is 6.10 Å². The van der Waals surface area contributed by atoms with E-state index in [2.05, 4.69) is 17.6 Å². The van der Waals surface area contributed by atoms with Crippen molar-refractivity contribution >= 4 is 5.91 Å². The second-order valence-electron chi connectivity index (χ2n) is 4.59. The number of aryl methyl sites for hydroxylation is 1. The van der Waals surface area contributed by atoms with Crippen molar-refractivity contribution in [3.05, 3.63) is 29.8 Å². The highest BCUT2D eigenvalue weighted by Gasteiger charge is 2.00. The zero-order valence-corrected chi connectivity index (χ0v) is 11.1. The first-order valence-corrected chi connectivity index (χ1v) is 6.37. The Morgan fingerprint density at radius 1 is 1.28 bits per heavy atom. The van der Waals surface area contributed by atoms with E-state index >= 15 is 0 Å². The molecule has 0 aliphatic carbocycles. The van der Waals surface area contributed by atoms with Gasteiger partial charge in [-0.15, -0.1) is 0 Å². The number of unbranched alkanes of at least 4 members (excludes halogenated alkanes) is 1. The van der Waals surface area contributed by atoms with Gasteiger partial charge < -0.3 is 4.74 Å². The molecule has 1 aromatic carbocycles. The summed E-state index contributed by atoms with van der Waals surface area (Å²) in [7, 11) is 0. The van der Waals surface area contributed by atoms with Gasteiger partial charge in [0, 0.05) is 6.42 Å². The van der Waals surface area contributed by atoms with Crippen LogP contribution in [0.1, 0.15) is 38.7 Å². The average Bonchev–Trinajstić information content (AvgIpc) is 2.35. The van der Waals surface area contributed by atoms with Crippen molar-refractivity contribution in [1.29, 1.82) is 0 Å². The van der Waals surface area contributed by atoms with Crippen LogP contribution in [0.3, 0.4) is 0 Å². The molecule has 0 aromatic heterocycles. The van der Waals surface area contributed by atoms with Crippen LogP contribution in [-0.4, -0.2) is 12.0 Å². The molecule has 3 N–H and O–H groups in total. The standard InChI is InChI=1S/C14H22N2O2/c1-11(2)18-13-9-7-12(8-10-13)5-3-4-6-14(17)16-15/h7-11H,3-6,15H2,1-2H3,(H,16,17). The Bertz CT molecular complexity index is 361. The lowest BCUT2D eigenvalue weighted by molar-refractivity contribution is -0.121. The summed E-state index contributed by atoms with van der Waals surface area (Å²) in [6.45, 7) is 4.02. The van der Waals surface area contributed by atoms with E-state index in [1.807, 2.05) is 26.0 Å². The van der Waals surface area contributed by atoms with Gasteiger partial charge in [-0.1, -0.05) is 12.1 Å². The molecule has 0 saturated carbocycles. The summed E-state index contributed by atoms with van der Waals surface area (Å²) in [5, 5.41) is 0. The van der Waals surface area contributed by atoms with Crippen molar-refractivity contribution in [3.8, 4) is 5.75 Å². The van der Waals surface area contributed by atoms with Crippen LogP contribution in [0.15, 0.2) is 24.3 Å². The maximum atomic E-state index is 10.9. The van der Waals surface area contributed by atoms with Crippen LogP contribution < -0.4 is 16.0 Å². The third kappa shape index (κ3) is 5.68. The van der Waals surface area contributed by atoms with Gasteiger partial charge in [-0.3, -0.25) is 10.2 Å². The SMILES string of the molecule is CC(C)Oc1ccc(CCCCC(=O)NN)cc1. The number of rotatable bonds is 7. The second kappa shape index (κ2) is 7.71. The van der Waals surface area contributed by atoms with Crippen LogP contribution in [-0.2, 0) is 11.2 Å². The van der Waals surface area contributed by atoms with Crippen molar-refractivity contribution in [1.82, 2.24) is 5.43 Å². The summed E-state index contributed by atoms with van der Waals surface area (Å²) in [6, 6.07) is 8.12. The van der Waals surface area contributed by atoms with Gasteiger partial charge in [0.2, 0.25) is 5.91 Å². The molecule has 1 aromatic rings. The minimum atomic E-state index is -0.101. The Morgan fingerprint density at radius 2 is 1.94 bits per heavy atom. The number of benzene rings is 1. The van der Waals surface area contributed by atoms with Crippen molar-refractivity contribution < 1.29 is 9.53 Å². The maximum Gasteiger partial charge on any atom is 0.233 e. The van der Waals surface area contributed by atoms with Gasteiger partial charge in [0.15, 0.2) is 0 Å². The van der Waals surface area contributed by atoms with Gasteiger partial charge in [0.25, 0.3) is 0 Å². The summed E-state index contributed by atoms with van der Waals surface area (Å²) in [4.78, 5) is 10.9. The number of hydrogen-bond acceptors (Lipinski definition) is 3. The number of hydrogen-bond donors (Lipinski definition) is 2. The van der Waals surface area contributed by atoms with Crippen molar-refractivity contribution in [2.24, 2.45) is 5.84 Å². The quantitative estimate of drug-likeness (QED) is 0.337. The molecular formula is C14H22N2O2. The molecule has 0 fully saturated rings. The monoisotopic (exact) mass is 250 g/mol. The molecular weight excluding hydrogens is 228 g/mol. The smallest absolute Gasteiger partial charge is 0.233 e. The molecule has 0 heterocycles. The molecule has 0 radical (unpaired) electrons. The highest BCUT2D eigenvalue weighted by Crippen LogP contribution is 2.15. The molecule has 100 valence electrons. The lowest BCUT2D eigenvalue weighted by Crippen LogP contribution is -2.29. The van der Waals surface area contributed by atoms with Crippen LogP contribution in [0.2, 0.25) is 0 Å². The second-order valence-corrected chi connectivity index (χ2v) is 4.59. The molecule has 0 saturated heterocycles. The summed E-state index contributed by atoms with van der Waals surface area (Å²) >= 11 is 0. The Labute approximate surface area is 108 Å². The largest absolute Gasteiger partial charge is 0.491 e. The maximum absolute atomic E-state index is 10.9. The van der Waals surface area contributed by atoms with E-state index in [9.17, 15) is 4.79 Å². The van der Waals surface area contributed by atoms with E-state index in [1.54, 1.807) is 0 Å². The summed E-state index contributed by atoms with van der Waals surface area (Å²) in [6.07, 6.45) is 3.50. The van der Waals surface area contributed by atoms with Crippen molar-refractivity contribution in [3.63, 3.8) is 0 Å². The van der Waals surface area contributed by atoms with E-state index in [1.165, 1.54) is 5.56 Å². The van der Waals surface area contributed by atoms with Crippen LogP contribution in [0, 0.1) is 0 Å². The molecule has 0 atom stereocenters. The number of nitrogens with two attached hydrogens (primary N) is 1. The first-order valence-electron chi connectivity index (χ1n) is 6.37. The lowest BCUT2D eigenvalue weighted by atomic mass is 10.1. The average molecular weight is 250 g/mol. The molecule has 1 amide bonds.